The van der Waals surface area contributed by atoms with E-state index >= 15 is 0 Å². The van der Waals surface area contributed by atoms with Gasteiger partial charge in [-0.2, -0.15) is 4.31 Å². The predicted molar refractivity (Wildman–Crippen MR) is 124 cm³/mol. The zero-order valence-electron chi connectivity index (χ0n) is 18.7. The van der Waals surface area contributed by atoms with E-state index in [1.165, 1.54) is 9.87 Å². The molecule has 2 aromatic carbocycles. The van der Waals surface area contributed by atoms with Crippen LogP contribution in [0, 0.1) is 0 Å². The van der Waals surface area contributed by atoms with Gasteiger partial charge in [-0.15, -0.1) is 0 Å². The summed E-state index contributed by atoms with van der Waals surface area (Å²) < 4.78 is 26.7. The first-order valence-electron chi connectivity index (χ1n) is 11.0. The number of nitrogens with zero attached hydrogens (tertiary/aromatic N) is 3. The van der Waals surface area contributed by atoms with Crippen LogP contribution in [0.2, 0.25) is 0 Å². The van der Waals surface area contributed by atoms with Crippen LogP contribution in [-0.4, -0.2) is 73.7 Å². The molecule has 1 atom stereocenters. The lowest BCUT2D eigenvalue weighted by Crippen LogP contribution is -2.54. The molecule has 6 nitrogen and oxygen atoms in total. The van der Waals surface area contributed by atoms with Gasteiger partial charge in [0, 0.05) is 50.9 Å². The van der Waals surface area contributed by atoms with E-state index in [2.05, 4.69) is 36.1 Å². The van der Waals surface area contributed by atoms with Gasteiger partial charge in [0.05, 0.1) is 4.90 Å². The molecule has 0 saturated carbocycles. The van der Waals surface area contributed by atoms with Crippen LogP contribution < -0.4 is 0 Å². The first-order valence-corrected chi connectivity index (χ1v) is 12.5. The molecule has 0 aromatic heterocycles. The van der Waals surface area contributed by atoms with Crippen molar-refractivity contribution in [2.45, 2.75) is 38.1 Å². The summed E-state index contributed by atoms with van der Waals surface area (Å²) in [5.74, 6) is -0.0404. The van der Waals surface area contributed by atoms with Gasteiger partial charge in [-0.25, -0.2) is 8.42 Å². The average molecular weight is 444 g/mol. The van der Waals surface area contributed by atoms with Gasteiger partial charge in [0.2, 0.25) is 10.0 Å². The molecule has 0 aliphatic carbocycles. The lowest BCUT2D eigenvalue weighted by atomic mass is 10.1. The Labute approximate surface area is 186 Å². The van der Waals surface area contributed by atoms with Crippen LogP contribution in [0.25, 0.3) is 0 Å². The van der Waals surface area contributed by atoms with Gasteiger partial charge in [0.1, 0.15) is 0 Å². The summed E-state index contributed by atoms with van der Waals surface area (Å²) in [7, 11) is -3.51. The third-order valence-electron chi connectivity index (χ3n) is 6.03. The number of amides is 1. The molecule has 31 heavy (non-hydrogen) atoms. The van der Waals surface area contributed by atoms with Gasteiger partial charge < -0.3 is 4.90 Å². The number of sulfonamides is 1. The minimum absolute atomic E-state index is 0.0404. The SMILES string of the molecule is CCN(CC)S(=O)(=O)c1ccc(C(=O)N2CCN(CCc3ccccc3)C(C)C2)cc1. The molecule has 3 rings (SSSR count). The van der Waals surface area contributed by atoms with Crippen LogP contribution in [-0.2, 0) is 16.4 Å². The molecule has 1 heterocycles. The van der Waals surface area contributed by atoms with Gasteiger partial charge >= 0.3 is 0 Å². The first kappa shape index (κ1) is 23.4. The Balaban J connectivity index is 1.60. The summed E-state index contributed by atoms with van der Waals surface area (Å²) >= 11 is 0. The molecule has 0 radical (unpaired) electrons. The van der Waals surface area contributed by atoms with Crippen molar-refractivity contribution in [1.29, 1.82) is 0 Å². The molecule has 0 N–H and O–H groups in total. The number of rotatable bonds is 8. The fourth-order valence-electron chi connectivity index (χ4n) is 4.09. The summed E-state index contributed by atoms with van der Waals surface area (Å²) in [6.07, 6.45) is 1.00. The number of hydrogen-bond donors (Lipinski definition) is 0. The van der Waals surface area contributed by atoms with Crippen LogP contribution in [0.1, 0.15) is 36.7 Å². The van der Waals surface area contributed by atoms with Crippen molar-refractivity contribution in [3.8, 4) is 0 Å². The van der Waals surface area contributed by atoms with Gasteiger partial charge in [-0.05, 0) is 43.2 Å². The second-order valence-corrected chi connectivity index (χ2v) is 9.92. The van der Waals surface area contributed by atoms with Gasteiger partial charge in [0.15, 0.2) is 0 Å². The highest BCUT2D eigenvalue weighted by atomic mass is 32.2. The second kappa shape index (κ2) is 10.4. The van der Waals surface area contributed by atoms with E-state index in [1.54, 1.807) is 24.3 Å². The summed E-state index contributed by atoms with van der Waals surface area (Å²) in [6.45, 7) is 9.81. The molecule has 1 aliphatic rings. The highest BCUT2D eigenvalue weighted by Gasteiger charge is 2.28. The van der Waals surface area contributed by atoms with E-state index in [-0.39, 0.29) is 16.8 Å². The molecular formula is C24H33N3O3S. The second-order valence-electron chi connectivity index (χ2n) is 7.99. The molecule has 1 saturated heterocycles. The van der Waals surface area contributed by atoms with Gasteiger partial charge in [-0.3, -0.25) is 9.69 Å². The monoisotopic (exact) mass is 443 g/mol. The third-order valence-corrected chi connectivity index (χ3v) is 8.09. The summed E-state index contributed by atoms with van der Waals surface area (Å²) in [5, 5.41) is 0. The maximum absolute atomic E-state index is 13.0. The summed E-state index contributed by atoms with van der Waals surface area (Å²) in [4.78, 5) is 17.5. The quantitative estimate of drug-likeness (QED) is 0.629. The molecule has 1 amide bonds. The van der Waals surface area contributed by atoms with E-state index in [4.69, 9.17) is 0 Å². The van der Waals surface area contributed by atoms with Crippen molar-refractivity contribution in [3.05, 3.63) is 65.7 Å². The van der Waals surface area contributed by atoms with Crippen molar-refractivity contribution in [2.75, 3.05) is 39.3 Å². The van der Waals surface area contributed by atoms with E-state index in [1.807, 2.05) is 24.8 Å². The lowest BCUT2D eigenvalue weighted by Gasteiger charge is -2.40. The minimum Gasteiger partial charge on any atom is -0.336 e. The molecule has 168 valence electrons. The summed E-state index contributed by atoms with van der Waals surface area (Å²) in [6, 6.07) is 17.1. The Bertz CT molecular complexity index is 957. The number of benzene rings is 2. The Morgan fingerprint density at radius 1 is 1.00 bits per heavy atom. The molecule has 0 spiro atoms. The number of carbonyl (C=O) groups excluding carboxylic acids is 1. The molecular weight excluding hydrogens is 410 g/mol. The van der Waals surface area contributed by atoms with Crippen molar-refractivity contribution in [3.63, 3.8) is 0 Å². The zero-order chi connectivity index (χ0) is 22.4. The maximum atomic E-state index is 13.0. The Kier molecular flexibility index (Phi) is 7.86. The Hall–Kier alpha value is -2.22. The smallest absolute Gasteiger partial charge is 0.253 e. The van der Waals surface area contributed by atoms with Crippen molar-refractivity contribution >= 4 is 15.9 Å². The fourth-order valence-corrected chi connectivity index (χ4v) is 5.55. The van der Waals surface area contributed by atoms with Crippen LogP contribution in [0.15, 0.2) is 59.5 Å². The van der Waals surface area contributed by atoms with E-state index in [0.29, 0.717) is 31.7 Å². The van der Waals surface area contributed by atoms with Crippen molar-refractivity contribution in [1.82, 2.24) is 14.1 Å². The maximum Gasteiger partial charge on any atom is 0.253 e. The van der Waals surface area contributed by atoms with E-state index in [9.17, 15) is 13.2 Å². The topological polar surface area (TPSA) is 60.9 Å². The van der Waals surface area contributed by atoms with Crippen LogP contribution in [0.4, 0.5) is 0 Å². The van der Waals surface area contributed by atoms with Crippen LogP contribution >= 0.6 is 0 Å². The lowest BCUT2D eigenvalue weighted by molar-refractivity contribution is 0.0518. The number of piperazine rings is 1. The standard InChI is InChI=1S/C24H33N3O3S/c1-4-27(5-2)31(29,30)23-13-11-22(12-14-23)24(28)26-18-17-25(20(3)19-26)16-15-21-9-7-6-8-10-21/h6-14,20H,4-5,15-19H2,1-3H3. The Morgan fingerprint density at radius 2 is 1.65 bits per heavy atom. The Morgan fingerprint density at radius 3 is 2.23 bits per heavy atom. The normalized spacial score (nSPS) is 17.8. The van der Waals surface area contributed by atoms with E-state index in [0.717, 1.165) is 19.5 Å². The van der Waals surface area contributed by atoms with E-state index < -0.39 is 10.0 Å². The molecule has 2 aromatic rings. The van der Waals surface area contributed by atoms with Crippen molar-refractivity contribution in [2.24, 2.45) is 0 Å². The van der Waals surface area contributed by atoms with Gasteiger partial charge in [-0.1, -0.05) is 44.2 Å². The predicted octanol–water partition coefficient (Wildman–Crippen LogP) is 3.11. The van der Waals surface area contributed by atoms with Gasteiger partial charge in [0.25, 0.3) is 5.91 Å². The summed E-state index contributed by atoms with van der Waals surface area (Å²) in [5.41, 5.74) is 1.86. The zero-order valence-corrected chi connectivity index (χ0v) is 19.5. The highest BCUT2D eigenvalue weighted by molar-refractivity contribution is 7.89. The largest absolute Gasteiger partial charge is 0.336 e. The van der Waals surface area contributed by atoms with Crippen LogP contribution in [0.3, 0.4) is 0 Å². The molecule has 1 aliphatic heterocycles. The molecule has 1 unspecified atom stereocenters. The van der Waals surface area contributed by atoms with Crippen molar-refractivity contribution < 1.29 is 13.2 Å². The molecule has 1 fully saturated rings. The third kappa shape index (κ3) is 5.53. The first-order chi connectivity index (χ1) is 14.9. The molecule has 7 heteroatoms. The number of carbonyl (C=O) groups is 1. The average Bonchev–Trinajstić information content (AvgIpc) is 2.79. The number of hydrogen-bond acceptors (Lipinski definition) is 4. The van der Waals surface area contributed by atoms with Crippen LogP contribution in [0.5, 0.6) is 0 Å². The minimum atomic E-state index is -3.51. The molecule has 0 bridgehead atoms. The highest BCUT2D eigenvalue weighted by Crippen LogP contribution is 2.19. The fraction of sp³-hybridized carbons (Fsp3) is 0.458.